The first-order valence-electron chi connectivity index (χ1n) is 18.6. The van der Waals surface area contributed by atoms with Gasteiger partial charge >= 0.3 is 5.97 Å². The van der Waals surface area contributed by atoms with Crippen LogP contribution >= 0.6 is 0 Å². The summed E-state index contributed by atoms with van der Waals surface area (Å²) in [5.74, 6) is 0.425. The van der Waals surface area contributed by atoms with Gasteiger partial charge in [0.05, 0.1) is 18.6 Å². The number of Topliss-reactive ketones (excluding diaryl/α,β-unsaturated/α-hetero) is 1. The minimum absolute atomic E-state index is 0.0962. The Morgan fingerprint density at radius 2 is 1.67 bits per heavy atom. The molecule has 276 valence electrons. The molecule has 0 amide bonds. The number of esters is 1. The van der Waals surface area contributed by atoms with Gasteiger partial charge in [0.15, 0.2) is 18.4 Å². The number of hydrogen-bond donors (Lipinski definition) is 5. The van der Waals surface area contributed by atoms with E-state index in [2.05, 4.69) is 41.5 Å². The van der Waals surface area contributed by atoms with E-state index in [4.69, 9.17) is 18.9 Å². The van der Waals surface area contributed by atoms with Gasteiger partial charge in [-0.25, -0.2) is 0 Å². The second-order valence-electron chi connectivity index (χ2n) is 18.2. The summed E-state index contributed by atoms with van der Waals surface area (Å²) in [5, 5.41) is 53.0. The number of rotatable bonds is 4. The molecule has 11 nitrogen and oxygen atoms in total. The lowest BCUT2D eigenvalue weighted by molar-refractivity contribution is -0.342. The summed E-state index contributed by atoms with van der Waals surface area (Å²) in [6.45, 7) is 14.8. The summed E-state index contributed by atoms with van der Waals surface area (Å²) in [5.41, 5.74) is 0.219. The second kappa shape index (κ2) is 11.8. The van der Waals surface area contributed by atoms with Gasteiger partial charge in [-0.1, -0.05) is 47.1 Å². The lowest BCUT2D eigenvalue weighted by Crippen LogP contribution is -2.68. The van der Waals surface area contributed by atoms with E-state index in [0.717, 1.165) is 44.1 Å². The van der Waals surface area contributed by atoms with Crippen LogP contribution in [-0.4, -0.2) is 99.7 Å². The number of allylic oxidation sites excluding steroid dienone is 1. The lowest BCUT2D eigenvalue weighted by Gasteiger charge is -2.71. The van der Waals surface area contributed by atoms with Gasteiger partial charge in [-0.2, -0.15) is 0 Å². The maximum atomic E-state index is 14.0. The van der Waals surface area contributed by atoms with Crippen molar-refractivity contribution in [2.45, 2.75) is 149 Å². The van der Waals surface area contributed by atoms with E-state index in [-0.39, 0.29) is 45.7 Å². The molecule has 11 heteroatoms. The molecule has 7 rings (SSSR count). The Hall–Kier alpha value is -1.44. The Labute approximate surface area is 289 Å². The van der Waals surface area contributed by atoms with Crippen LogP contribution < -0.4 is 0 Å². The summed E-state index contributed by atoms with van der Waals surface area (Å²) in [6.07, 6.45) is -3.40. The molecule has 0 aromatic rings. The summed E-state index contributed by atoms with van der Waals surface area (Å²) < 4.78 is 24.3. The van der Waals surface area contributed by atoms with Crippen molar-refractivity contribution >= 4 is 11.8 Å². The largest absolute Gasteiger partial charge is 0.460 e. The van der Waals surface area contributed by atoms with Gasteiger partial charge < -0.3 is 44.5 Å². The second-order valence-corrected chi connectivity index (χ2v) is 18.2. The van der Waals surface area contributed by atoms with Crippen LogP contribution in [0.5, 0.6) is 0 Å². The highest BCUT2D eigenvalue weighted by molar-refractivity contribution is 6.01. The monoisotopic (exact) mass is 690 g/mol. The van der Waals surface area contributed by atoms with Crippen molar-refractivity contribution in [1.82, 2.24) is 0 Å². The Balaban J connectivity index is 1.24. The van der Waals surface area contributed by atoms with Gasteiger partial charge in [-0.3, -0.25) is 9.59 Å². The fourth-order valence-electron chi connectivity index (χ4n) is 13.4. The minimum Gasteiger partial charge on any atom is -0.460 e. The van der Waals surface area contributed by atoms with Crippen molar-refractivity contribution in [2.24, 2.45) is 50.7 Å². The average Bonchev–Trinajstić information content (AvgIpc) is 3.35. The third kappa shape index (κ3) is 4.75. The zero-order valence-electron chi connectivity index (χ0n) is 30.2. The van der Waals surface area contributed by atoms with Crippen molar-refractivity contribution < 1.29 is 54.1 Å². The molecule has 0 aromatic heterocycles. The molecule has 2 heterocycles. The summed E-state index contributed by atoms with van der Waals surface area (Å²) in [6, 6.07) is 0. The van der Waals surface area contributed by atoms with Crippen LogP contribution in [0, 0.1) is 50.7 Å². The van der Waals surface area contributed by atoms with Gasteiger partial charge in [0.1, 0.15) is 36.6 Å². The van der Waals surface area contributed by atoms with Gasteiger partial charge in [-0.15, -0.1) is 0 Å². The van der Waals surface area contributed by atoms with E-state index < -0.39 is 72.6 Å². The van der Waals surface area contributed by atoms with Crippen LogP contribution in [-0.2, 0) is 28.5 Å². The van der Waals surface area contributed by atoms with Crippen LogP contribution in [0.3, 0.4) is 0 Å². The highest BCUT2D eigenvalue weighted by atomic mass is 16.7. The van der Waals surface area contributed by atoms with Gasteiger partial charge in [0.2, 0.25) is 0 Å². The third-order valence-electron chi connectivity index (χ3n) is 15.8. The van der Waals surface area contributed by atoms with Crippen LogP contribution in [0.1, 0.15) is 99.8 Å². The van der Waals surface area contributed by atoms with Gasteiger partial charge in [0.25, 0.3) is 0 Å². The standard InChI is InChI=1S/C38H58O11/c1-18-17-46-33(45)38-13-12-36(6)20(27(38)22(41)14-21(18)38)8-9-26-35(5)15-23(47-19(2)40)31(34(3,4)25(35)10-11-37(26,36)7)49-32-30(44)29(43)28(42)24(16-39)48-32/h18,21,23-26,28-33,39,42-45H,8-17H2,1-7H3/t18?,21?,23?,24-,25?,26-,28-,29+,30-,31?,32+,33?,35+,36-,37-,38?/m1/s1. The number of hydrogen-bond acceptors (Lipinski definition) is 11. The molecule has 2 aliphatic heterocycles. The average molecular weight is 691 g/mol. The quantitative estimate of drug-likeness (QED) is 0.217. The van der Waals surface area contributed by atoms with Crippen molar-refractivity contribution in [2.75, 3.05) is 13.2 Å². The molecule has 0 aromatic carbocycles. The number of ether oxygens (including phenoxy) is 4. The van der Waals surface area contributed by atoms with Crippen molar-refractivity contribution in [3.8, 4) is 0 Å². The molecule has 49 heavy (non-hydrogen) atoms. The van der Waals surface area contributed by atoms with Gasteiger partial charge in [-0.05, 0) is 90.3 Å². The number of aliphatic hydroxyl groups is 5. The molecule has 2 saturated heterocycles. The number of carbonyl (C=O) groups is 2. The van der Waals surface area contributed by atoms with Crippen LogP contribution in [0.2, 0.25) is 0 Å². The topological polar surface area (TPSA) is 172 Å². The van der Waals surface area contributed by atoms with E-state index >= 15 is 0 Å². The SMILES string of the molecule is CC(=O)OC1C[C@@]2(C)C(CC[C@]3(C)[C@@H]2CCC2=C4C(=O)CC5C(C)COC(O)C45CC[C@]23C)C(C)(C)C1O[C@@H]1O[C@H](CO)[C@@H](O)[C@H](O)[C@H]1O. The minimum atomic E-state index is -1.58. The zero-order valence-corrected chi connectivity index (χ0v) is 30.2. The predicted octanol–water partition coefficient (Wildman–Crippen LogP) is 3.02. The molecule has 7 unspecified atom stereocenters. The smallest absolute Gasteiger partial charge is 0.302 e. The fourth-order valence-corrected chi connectivity index (χ4v) is 13.4. The van der Waals surface area contributed by atoms with E-state index in [1.54, 1.807) is 0 Å². The maximum absolute atomic E-state index is 14.0. The number of aliphatic hydroxyl groups excluding tert-OH is 5. The summed E-state index contributed by atoms with van der Waals surface area (Å²) in [4.78, 5) is 26.6. The Morgan fingerprint density at radius 3 is 2.35 bits per heavy atom. The molecule has 6 fully saturated rings. The van der Waals surface area contributed by atoms with E-state index in [0.29, 0.717) is 19.4 Å². The lowest BCUT2D eigenvalue weighted by atomic mass is 9.34. The first-order chi connectivity index (χ1) is 22.9. The third-order valence-corrected chi connectivity index (χ3v) is 15.8. The highest BCUT2D eigenvalue weighted by Crippen LogP contribution is 2.76. The van der Waals surface area contributed by atoms with E-state index in [1.807, 2.05) is 0 Å². The first-order valence-corrected chi connectivity index (χ1v) is 18.6. The predicted molar refractivity (Wildman–Crippen MR) is 175 cm³/mol. The number of fused-ring (bicyclic) bond motifs is 5. The molecule has 1 spiro atoms. The van der Waals surface area contributed by atoms with Crippen molar-refractivity contribution in [3.05, 3.63) is 11.1 Å². The summed E-state index contributed by atoms with van der Waals surface area (Å²) >= 11 is 0. The molecule has 4 saturated carbocycles. The molecule has 5 N–H and O–H groups in total. The highest BCUT2D eigenvalue weighted by Gasteiger charge is 2.72. The number of carbonyl (C=O) groups excluding carboxylic acids is 2. The Bertz CT molecular complexity index is 1390. The van der Waals surface area contributed by atoms with Crippen LogP contribution in [0.15, 0.2) is 11.1 Å². The molecule has 7 aliphatic rings. The molecule has 0 bridgehead atoms. The zero-order chi connectivity index (χ0) is 35.6. The van der Waals surface area contributed by atoms with Gasteiger partial charge in [0, 0.05) is 18.9 Å². The fraction of sp³-hybridized carbons (Fsp3) is 0.895. The molecular formula is C38H58O11. The van der Waals surface area contributed by atoms with E-state index in [9.17, 15) is 35.1 Å². The van der Waals surface area contributed by atoms with E-state index in [1.165, 1.54) is 12.5 Å². The molecule has 0 radical (unpaired) electrons. The van der Waals surface area contributed by atoms with Crippen LogP contribution in [0.4, 0.5) is 0 Å². The molecular weight excluding hydrogens is 632 g/mol. The normalized spacial score (nSPS) is 53.5. The first kappa shape index (κ1) is 35.9. The molecule has 16 atom stereocenters. The molecule has 5 aliphatic carbocycles. The maximum Gasteiger partial charge on any atom is 0.302 e. The Kier molecular flexibility index (Phi) is 8.64. The van der Waals surface area contributed by atoms with Crippen molar-refractivity contribution in [1.29, 1.82) is 0 Å². The van der Waals surface area contributed by atoms with Crippen LogP contribution in [0.25, 0.3) is 0 Å². The Morgan fingerprint density at radius 1 is 0.959 bits per heavy atom. The van der Waals surface area contributed by atoms with Crippen molar-refractivity contribution in [3.63, 3.8) is 0 Å². The number of ketones is 1. The summed E-state index contributed by atoms with van der Waals surface area (Å²) in [7, 11) is 0.